The fraction of sp³-hybridized carbons (Fsp3) is 0.625. The van der Waals surface area contributed by atoms with Crippen LogP contribution in [-0.2, 0) is 19.2 Å². The molecule has 2 aliphatic rings. The van der Waals surface area contributed by atoms with Crippen LogP contribution in [0.4, 0.5) is 0 Å². The van der Waals surface area contributed by atoms with E-state index in [1.807, 2.05) is 10.0 Å². The molecule has 10 nitrogen and oxygen atoms in total. The monoisotopic (exact) mass is 509 g/mol. The minimum Gasteiger partial charge on any atom is -0.600 e. The number of hydroxylamine groups is 2. The summed E-state index contributed by atoms with van der Waals surface area (Å²) in [7, 11) is 0. The Balaban J connectivity index is 1.83. The summed E-state index contributed by atoms with van der Waals surface area (Å²) in [5.41, 5.74) is 0.568. The second-order valence-electron chi connectivity index (χ2n) is 6.55. The molecule has 1 unspecified atom stereocenters. The van der Waals surface area contributed by atoms with Crippen molar-refractivity contribution in [3.8, 4) is 0 Å². The van der Waals surface area contributed by atoms with Crippen molar-refractivity contribution >= 4 is 39.4 Å². The van der Waals surface area contributed by atoms with Crippen molar-refractivity contribution < 1.29 is 39.7 Å². The number of likely N-dealkylation sites (tertiary alicyclic amines) is 1. The number of hydrogen-bond acceptors (Lipinski definition) is 7. The number of nitrogens with zero attached hydrogens (tertiary/aromatic N) is 1. The van der Waals surface area contributed by atoms with E-state index < -0.39 is 23.8 Å². The number of carbonyl (C=O) groups is 2. The van der Waals surface area contributed by atoms with Crippen molar-refractivity contribution in [1.82, 2.24) is 4.90 Å². The van der Waals surface area contributed by atoms with E-state index in [1.54, 1.807) is 0 Å². The molecule has 0 aromatic carbocycles. The lowest BCUT2D eigenvalue weighted by molar-refractivity contribution is -1.05. The average molecular weight is 509 g/mol. The van der Waals surface area contributed by atoms with Crippen molar-refractivity contribution in [2.24, 2.45) is 0 Å². The molecule has 1 aliphatic carbocycles. The molecule has 0 bridgehead atoms. The summed E-state index contributed by atoms with van der Waals surface area (Å²) in [6.45, 7) is 0.869. The Morgan fingerprint density at radius 3 is 2.64 bits per heavy atom. The molecule has 1 fully saturated rings. The molecule has 0 amide bonds. The molecular formula is C16H23BIN2O8. The summed E-state index contributed by atoms with van der Waals surface area (Å²) >= 11 is 2.12. The first kappa shape index (κ1) is 22.9. The maximum absolute atomic E-state index is 11.6. The van der Waals surface area contributed by atoms with Crippen LogP contribution in [0.15, 0.2) is 22.7 Å². The zero-order valence-corrected chi connectivity index (χ0v) is 17.4. The summed E-state index contributed by atoms with van der Waals surface area (Å²) in [5.74, 6) is -2.31. The molecule has 1 atom stereocenters. The third kappa shape index (κ3) is 6.62. The van der Waals surface area contributed by atoms with Gasteiger partial charge in [-0.05, 0) is 18.4 Å². The first-order chi connectivity index (χ1) is 13.3. The zero-order chi connectivity index (χ0) is 20.7. The fourth-order valence-corrected chi connectivity index (χ4v) is 3.38. The average Bonchev–Trinajstić information content (AvgIpc) is 2.60. The van der Waals surface area contributed by atoms with Gasteiger partial charge in [0, 0.05) is 19.5 Å². The minimum absolute atomic E-state index is 0.0732. The molecule has 1 aliphatic heterocycles. The van der Waals surface area contributed by atoms with Crippen molar-refractivity contribution in [1.29, 1.82) is 0 Å². The van der Waals surface area contributed by atoms with Gasteiger partial charge in [-0.25, -0.2) is 14.8 Å². The summed E-state index contributed by atoms with van der Waals surface area (Å²) < 4.78 is 5.80. The van der Waals surface area contributed by atoms with Gasteiger partial charge in [-0.1, -0.05) is 6.32 Å². The van der Waals surface area contributed by atoms with Crippen LogP contribution in [0.1, 0.15) is 19.3 Å². The smallest absolute Gasteiger partial charge is 0.342 e. The molecule has 12 heteroatoms. The van der Waals surface area contributed by atoms with E-state index in [4.69, 9.17) is 9.84 Å². The van der Waals surface area contributed by atoms with Gasteiger partial charge in [-0.2, -0.15) is 27.2 Å². The molecule has 0 aromatic heterocycles. The van der Waals surface area contributed by atoms with Gasteiger partial charge >= 0.3 is 11.9 Å². The lowest BCUT2D eigenvalue weighted by Crippen LogP contribution is -3.07. The Labute approximate surface area is 176 Å². The molecule has 2 rings (SSSR count). The van der Waals surface area contributed by atoms with Gasteiger partial charge < -0.3 is 25.3 Å². The van der Waals surface area contributed by atoms with E-state index in [2.05, 4.69) is 27.2 Å². The molecule has 0 aromatic rings. The van der Waals surface area contributed by atoms with E-state index >= 15 is 0 Å². The Morgan fingerprint density at radius 2 is 2.04 bits per heavy atom. The third-order valence-corrected chi connectivity index (χ3v) is 5.12. The normalized spacial score (nSPS) is 19.4. The number of aliphatic hydroxyl groups is 1. The van der Waals surface area contributed by atoms with Crippen molar-refractivity contribution in [3.63, 3.8) is 0 Å². The lowest BCUT2D eigenvalue weighted by atomic mass is 9.88. The van der Waals surface area contributed by atoms with Crippen LogP contribution >= 0.6 is 22.4 Å². The molecule has 28 heavy (non-hydrogen) atoms. The van der Waals surface area contributed by atoms with Crippen molar-refractivity contribution in [2.45, 2.75) is 31.7 Å². The molecule has 1 heterocycles. The fourth-order valence-electron chi connectivity index (χ4n) is 3.07. The van der Waals surface area contributed by atoms with Gasteiger partial charge in [0.25, 0.3) is 0 Å². The number of rotatable bonds is 12. The highest BCUT2D eigenvalue weighted by Crippen LogP contribution is 2.33. The first-order valence-corrected chi connectivity index (χ1v) is 10.1. The number of hydrogen-bond donors (Lipinski definition) is 4. The second kappa shape index (κ2) is 11.0. The number of carboxylic acid groups (broad SMARTS) is 2. The number of aliphatic hydroxyl groups excluding tert-OH is 1. The van der Waals surface area contributed by atoms with Gasteiger partial charge in [-0.15, -0.1) is 0 Å². The van der Waals surface area contributed by atoms with Gasteiger partial charge in [0.05, 0.1) is 6.54 Å². The van der Waals surface area contributed by atoms with Gasteiger partial charge in [0.2, 0.25) is 6.61 Å². The zero-order valence-electron chi connectivity index (χ0n) is 15.2. The Morgan fingerprint density at radius 1 is 1.32 bits per heavy atom. The van der Waals surface area contributed by atoms with Crippen molar-refractivity contribution in [3.05, 3.63) is 27.9 Å². The number of nitrogens with one attached hydrogen (secondary N) is 1. The van der Waals surface area contributed by atoms with E-state index in [0.29, 0.717) is 38.9 Å². The summed E-state index contributed by atoms with van der Waals surface area (Å²) in [4.78, 5) is 28.4. The molecule has 0 saturated carbocycles. The first-order valence-electron chi connectivity index (χ1n) is 8.88. The third-order valence-electron chi connectivity index (χ3n) is 4.49. The SMILES string of the molecule is O=C(O)CO[NH+]([O-])CCN1CC(OC2=C(C(=O)O)C(O)=C(CC[B]I)CC2)C1. The minimum atomic E-state index is -1.21. The summed E-state index contributed by atoms with van der Waals surface area (Å²) in [6, 6.07) is 0. The van der Waals surface area contributed by atoms with Crippen LogP contribution < -0.4 is 5.23 Å². The van der Waals surface area contributed by atoms with Gasteiger partial charge in [0.15, 0.2) is 5.14 Å². The van der Waals surface area contributed by atoms with Gasteiger partial charge in [0.1, 0.15) is 29.7 Å². The summed E-state index contributed by atoms with van der Waals surface area (Å²) in [6.07, 6.45) is 2.16. The van der Waals surface area contributed by atoms with Crippen LogP contribution in [0, 0.1) is 5.21 Å². The topological polar surface area (TPSA) is 144 Å². The van der Waals surface area contributed by atoms with Crippen LogP contribution in [-0.4, -0.2) is 76.2 Å². The summed E-state index contributed by atoms with van der Waals surface area (Å²) in [5, 5.41) is 41.0. The predicted molar refractivity (Wildman–Crippen MR) is 107 cm³/mol. The molecule has 1 saturated heterocycles. The standard InChI is InChI=1S/C16H23BIN2O8/c18-17-4-3-10-1-2-12(14(15(10)23)16(24)25)28-11-7-19(8-11)5-6-20(26)27-9-13(21)22/h11,20,23H,1-9H2,(H,21,22)(H,24,25). The highest BCUT2D eigenvalue weighted by molar-refractivity contribution is 14.1. The maximum Gasteiger partial charge on any atom is 0.342 e. The Kier molecular flexibility index (Phi) is 9.01. The largest absolute Gasteiger partial charge is 0.600 e. The number of quaternary nitrogens is 1. The molecule has 1 radical (unpaired) electrons. The molecule has 155 valence electrons. The highest BCUT2D eigenvalue weighted by atomic mass is 127. The van der Waals surface area contributed by atoms with Crippen LogP contribution in [0.3, 0.4) is 0 Å². The molecule has 4 N–H and O–H groups in total. The Hall–Kier alpha value is -1.35. The van der Waals surface area contributed by atoms with Crippen LogP contribution in [0.5, 0.6) is 0 Å². The lowest BCUT2D eigenvalue weighted by Gasteiger charge is -2.40. The number of halogens is 1. The van der Waals surface area contributed by atoms with E-state index in [-0.39, 0.29) is 29.7 Å². The number of aliphatic carboxylic acids is 2. The van der Waals surface area contributed by atoms with Gasteiger partial charge in [-0.3, -0.25) is 4.90 Å². The molecule has 0 spiro atoms. The number of ether oxygens (including phenoxy) is 1. The van der Waals surface area contributed by atoms with Crippen molar-refractivity contribution in [2.75, 3.05) is 32.8 Å². The highest BCUT2D eigenvalue weighted by Gasteiger charge is 2.33. The number of carboxylic acids is 2. The Bertz CT molecular complexity index is 651. The van der Waals surface area contributed by atoms with E-state index in [9.17, 15) is 25.0 Å². The quantitative estimate of drug-likeness (QED) is 0.161. The van der Waals surface area contributed by atoms with E-state index in [1.165, 1.54) is 0 Å². The second-order valence-corrected chi connectivity index (χ2v) is 7.43. The number of allylic oxidation sites excluding steroid dienone is 2. The van der Waals surface area contributed by atoms with Crippen LogP contribution in [0.2, 0.25) is 6.32 Å². The van der Waals surface area contributed by atoms with Crippen LogP contribution in [0.25, 0.3) is 0 Å². The predicted octanol–water partition coefficient (Wildman–Crippen LogP) is -0.107. The maximum atomic E-state index is 11.6. The molecular weight excluding hydrogens is 486 g/mol. The van der Waals surface area contributed by atoms with E-state index in [0.717, 1.165) is 11.9 Å².